The summed E-state index contributed by atoms with van der Waals surface area (Å²) in [4.78, 5) is 24.3. The van der Waals surface area contributed by atoms with Crippen molar-refractivity contribution in [1.29, 1.82) is 0 Å². The van der Waals surface area contributed by atoms with Gasteiger partial charge in [-0.3, -0.25) is 9.59 Å². The number of carbonyl (C=O) groups excluding carboxylic acids is 2. The maximum Gasteiger partial charge on any atom is 0.327 e. The van der Waals surface area contributed by atoms with Crippen molar-refractivity contribution in [1.82, 2.24) is 0 Å². The third-order valence-corrected chi connectivity index (χ3v) is 4.22. The molecule has 1 aliphatic carbocycles. The van der Waals surface area contributed by atoms with Crippen LogP contribution in [0.5, 0.6) is 0 Å². The largest absolute Gasteiger partial charge is 0.465 e. The molecular formula is C13H19IO4. The number of hydrogen-bond donors (Lipinski definition) is 0. The minimum atomic E-state index is -1.28. The second-order valence-electron chi connectivity index (χ2n) is 4.29. The van der Waals surface area contributed by atoms with Crippen LogP contribution in [0.3, 0.4) is 0 Å². The molecule has 0 spiro atoms. The van der Waals surface area contributed by atoms with E-state index in [1.54, 1.807) is 13.8 Å². The van der Waals surface area contributed by atoms with Gasteiger partial charge in [-0.15, -0.1) is 0 Å². The van der Waals surface area contributed by atoms with E-state index in [-0.39, 0.29) is 13.2 Å². The highest BCUT2D eigenvalue weighted by Crippen LogP contribution is 2.44. The van der Waals surface area contributed by atoms with Gasteiger partial charge in [-0.25, -0.2) is 0 Å². The summed E-state index contributed by atoms with van der Waals surface area (Å²) in [6, 6.07) is 0. The lowest BCUT2D eigenvalue weighted by Crippen LogP contribution is -2.46. The Hall–Kier alpha value is -0.590. The Morgan fingerprint density at radius 3 is 2.22 bits per heavy atom. The van der Waals surface area contributed by atoms with Crippen LogP contribution in [0.1, 0.15) is 33.1 Å². The van der Waals surface area contributed by atoms with Gasteiger partial charge in [0.2, 0.25) is 0 Å². The fraction of sp³-hybridized carbons (Fsp3) is 0.692. The van der Waals surface area contributed by atoms with E-state index in [0.29, 0.717) is 22.3 Å². The molecule has 4 nitrogen and oxygen atoms in total. The molecule has 0 aromatic carbocycles. The Labute approximate surface area is 121 Å². The molecule has 1 atom stereocenters. The molecule has 18 heavy (non-hydrogen) atoms. The fourth-order valence-corrected chi connectivity index (χ4v) is 3.02. The van der Waals surface area contributed by atoms with Crippen LogP contribution in [-0.2, 0) is 19.1 Å². The van der Waals surface area contributed by atoms with Gasteiger partial charge in [0.05, 0.1) is 13.2 Å². The lowest BCUT2D eigenvalue weighted by atomic mass is 9.70. The van der Waals surface area contributed by atoms with E-state index in [4.69, 9.17) is 9.47 Å². The molecule has 0 N–H and O–H groups in total. The first kappa shape index (κ1) is 15.5. The van der Waals surface area contributed by atoms with E-state index >= 15 is 0 Å². The third-order valence-electron chi connectivity index (χ3n) is 3.15. The molecule has 1 fully saturated rings. The second-order valence-corrected chi connectivity index (χ2v) is 6.05. The van der Waals surface area contributed by atoms with E-state index in [2.05, 4.69) is 29.2 Å². The monoisotopic (exact) mass is 366 g/mol. The van der Waals surface area contributed by atoms with Gasteiger partial charge in [-0.2, -0.15) is 0 Å². The summed E-state index contributed by atoms with van der Waals surface area (Å²) in [6.45, 7) is 7.87. The zero-order valence-electron chi connectivity index (χ0n) is 10.8. The summed E-state index contributed by atoms with van der Waals surface area (Å²) in [5.41, 5.74) is -0.668. The number of hydrogen-bond acceptors (Lipinski definition) is 4. The average Bonchev–Trinajstić information content (AvgIpc) is 2.29. The number of esters is 2. The Morgan fingerprint density at radius 2 is 1.83 bits per heavy atom. The van der Waals surface area contributed by atoms with Crippen molar-refractivity contribution in [2.75, 3.05) is 13.2 Å². The van der Waals surface area contributed by atoms with E-state index in [1.165, 1.54) is 0 Å². The van der Waals surface area contributed by atoms with E-state index in [9.17, 15) is 9.59 Å². The number of halogens is 1. The van der Waals surface area contributed by atoms with Crippen molar-refractivity contribution in [2.24, 2.45) is 5.41 Å². The van der Waals surface area contributed by atoms with Gasteiger partial charge < -0.3 is 9.47 Å². The van der Waals surface area contributed by atoms with Crippen LogP contribution < -0.4 is 0 Å². The second kappa shape index (κ2) is 6.54. The van der Waals surface area contributed by atoms with Gasteiger partial charge in [0.1, 0.15) is 0 Å². The molecule has 0 radical (unpaired) electrons. The number of alkyl halides is 1. The molecule has 1 rings (SSSR count). The SMILES string of the molecule is C=C1CC(I)CCC1(C(=O)OCC)C(=O)OCC. The van der Waals surface area contributed by atoms with Gasteiger partial charge in [-0.05, 0) is 38.7 Å². The topological polar surface area (TPSA) is 52.6 Å². The van der Waals surface area contributed by atoms with Gasteiger partial charge in [-0.1, -0.05) is 29.2 Å². The maximum absolute atomic E-state index is 12.2. The highest BCUT2D eigenvalue weighted by atomic mass is 127. The molecule has 0 aromatic rings. The molecule has 1 aliphatic rings. The predicted octanol–water partition coefficient (Wildman–Crippen LogP) is 2.64. The molecule has 0 bridgehead atoms. The standard InChI is InChI=1S/C13H19IO4/c1-4-17-11(15)13(12(16)18-5-2)7-6-10(14)8-9(13)3/h10H,3-8H2,1-2H3. The van der Waals surface area contributed by atoms with Crippen LogP contribution in [0.2, 0.25) is 0 Å². The summed E-state index contributed by atoms with van der Waals surface area (Å²) in [5, 5.41) is 0. The normalized spacial score (nSPS) is 22.4. The minimum absolute atomic E-state index is 0.251. The highest BCUT2D eigenvalue weighted by Gasteiger charge is 2.53. The molecule has 0 aromatic heterocycles. The first-order valence-corrected chi connectivity index (χ1v) is 7.40. The molecule has 1 saturated carbocycles. The van der Waals surface area contributed by atoms with Crippen LogP contribution in [-0.4, -0.2) is 29.1 Å². The lowest BCUT2D eigenvalue weighted by molar-refractivity contribution is -0.170. The molecular weight excluding hydrogens is 347 g/mol. The summed E-state index contributed by atoms with van der Waals surface area (Å²) >= 11 is 2.31. The highest BCUT2D eigenvalue weighted by molar-refractivity contribution is 14.1. The van der Waals surface area contributed by atoms with Crippen molar-refractivity contribution >= 4 is 34.5 Å². The number of rotatable bonds is 4. The molecule has 0 heterocycles. The summed E-state index contributed by atoms with van der Waals surface area (Å²) in [5.74, 6) is -1.03. The summed E-state index contributed by atoms with van der Waals surface area (Å²) in [6.07, 6.45) is 1.87. The number of ether oxygens (including phenoxy) is 2. The van der Waals surface area contributed by atoms with E-state index in [0.717, 1.165) is 6.42 Å². The molecule has 1 unspecified atom stereocenters. The third kappa shape index (κ3) is 2.87. The first-order valence-electron chi connectivity index (χ1n) is 6.15. The maximum atomic E-state index is 12.2. The van der Waals surface area contributed by atoms with Crippen molar-refractivity contribution < 1.29 is 19.1 Å². The molecule has 102 valence electrons. The zero-order valence-corrected chi connectivity index (χ0v) is 13.0. The number of carbonyl (C=O) groups is 2. The average molecular weight is 366 g/mol. The first-order chi connectivity index (χ1) is 8.48. The van der Waals surface area contributed by atoms with Crippen LogP contribution in [0.25, 0.3) is 0 Å². The van der Waals surface area contributed by atoms with E-state index < -0.39 is 17.4 Å². The Bertz CT molecular complexity index is 319. The van der Waals surface area contributed by atoms with Crippen molar-refractivity contribution in [3.63, 3.8) is 0 Å². The van der Waals surface area contributed by atoms with Crippen LogP contribution in [0.15, 0.2) is 12.2 Å². The minimum Gasteiger partial charge on any atom is -0.465 e. The van der Waals surface area contributed by atoms with Crippen LogP contribution in [0.4, 0.5) is 0 Å². The van der Waals surface area contributed by atoms with Gasteiger partial charge in [0.25, 0.3) is 0 Å². The van der Waals surface area contributed by atoms with E-state index in [1.807, 2.05) is 0 Å². The lowest BCUT2D eigenvalue weighted by Gasteiger charge is -2.36. The zero-order chi connectivity index (χ0) is 13.8. The predicted molar refractivity (Wildman–Crippen MR) is 76.5 cm³/mol. The fourth-order valence-electron chi connectivity index (χ4n) is 2.18. The summed E-state index contributed by atoms with van der Waals surface area (Å²) in [7, 11) is 0. The van der Waals surface area contributed by atoms with Crippen molar-refractivity contribution in [3.8, 4) is 0 Å². The summed E-state index contributed by atoms with van der Waals surface area (Å²) < 4.78 is 10.5. The smallest absolute Gasteiger partial charge is 0.327 e. The quantitative estimate of drug-likeness (QED) is 0.252. The molecule has 0 aliphatic heterocycles. The van der Waals surface area contributed by atoms with Crippen LogP contribution >= 0.6 is 22.6 Å². The van der Waals surface area contributed by atoms with Crippen molar-refractivity contribution in [3.05, 3.63) is 12.2 Å². The van der Waals surface area contributed by atoms with Gasteiger partial charge in [0.15, 0.2) is 5.41 Å². The van der Waals surface area contributed by atoms with Crippen molar-refractivity contribution in [2.45, 2.75) is 37.0 Å². The van der Waals surface area contributed by atoms with Gasteiger partial charge in [0, 0.05) is 3.92 Å². The van der Waals surface area contributed by atoms with Crippen LogP contribution in [0, 0.1) is 5.41 Å². The Morgan fingerprint density at radius 1 is 1.33 bits per heavy atom. The molecule has 0 saturated heterocycles. The molecule has 5 heteroatoms. The molecule has 0 amide bonds. The Balaban J connectivity index is 3.04. The van der Waals surface area contributed by atoms with Gasteiger partial charge >= 0.3 is 11.9 Å². The Kier molecular flexibility index (Phi) is 5.62.